The fourth-order valence-electron chi connectivity index (χ4n) is 2.61. The van der Waals surface area contributed by atoms with E-state index in [2.05, 4.69) is 36.6 Å². The van der Waals surface area contributed by atoms with E-state index in [0.717, 1.165) is 23.9 Å². The Morgan fingerprint density at radius 1 is 1.39 bits per heavy atom. The number of hydrogen-bond donors (Lipinski definition) is 1. The zero-order chi connectivity index (χ0) is 12.4. The van der Waals surface area contributed by atoms with Crippen LogP contribution in [0.25, 0.3) is 10.2 Å². The lowest BCUT2D eigenvalue weighted by atomic mass is 10.1. The number of fused-ring (bicyclic) bond motifs is 1. The summed E-state index contributed by atoms with van der Waals surface area (Å²) in [5.41, 5.74) is 1.16. The van der Waals surface area contributed by atoms with Gasteiger partial charge in [0.15, 0.2) is 0 Å². The van der Waals surface area contributed by atoms with E-state index in [1.165, 1.54) is 35.4 Å². The van der Waals surface area contributed by atoms with Gasteiger partial charge < -0.3 is 5.32 Å². The van der Waals surface area contributed by atoms with Crippen LogP contribution in [0.15, 0.2) is 24.3 Å². The van der Waals surface area contributed by atoms with Gasteiger partial charge in [0.2, 0.25) is 0 Å². The molecule has 1 unspecified atom stereocenters. The molecule has 1 aliphatic rings. The van der Waals surface area contributed by atoms with Crippen molar-refractivity contribution in [2.24, 2.45) is 5.92 Å². The second kappa shape index (κ2) is 5.37. The summed E-state index contributed by atoms with van der Waals surface area (Å²) in [6, 6.07) is 9.16. The molecule has 3 heteroatoms. The van der Waals surface area contributed by atoms with E-state index >= 15 is 0 Å². The molecule has 0 aliphatic heterocycles. The number of thiazole rings is 1. The summed E-state index contributed by atoms with van der Waals surface area (Å²) in [7, 11) is 2.10. The molecule has 0 bridgehead atoms. The summed E-state index contributed by atoms with van der Waals surface area (Å²) in [6.07, 6.45) is 6.52. The molecule has 96 valence electrons. The minimum absolute atomic E-state index is 0.736. The van der Waals surface area contributed by atoms with Crippen LogP contribution in [0.5, 0.6) is 0 Å². The maximum atomic E-state index is 4.69. The highest BCUT2D eigenvalue weighted by Gasteiger charge is 2.29. The smallest absolute Gasteiger partial charge is 0.0938 e. The lowest BCUT2D eigenvalue weighted by Gasteiger charge is -2.14. The number of nitrogens with zero attached hydrogens (tertiary/aromatic N) is 1. The van der Waals surface area contributed by atoms with Crippen molar-refractivity contribution in [3.63, 3.8) is 0 Å². The summed E-state index contributed by atoms with van der Waals surface area (Å²) < 4.78 is 1.32. The van der Waals surface area contributed by atoms with Gasteiger partial charge >= 0.3 is 0 Å². The largest absolute Gasteiger partial charge is 0.317 e. The summed E-state index contributed by atoms with van der Waals surface area (Å²) >= 11 is 1.85. The Bertz CT molecular complexity index is 483. The Balaban J connectivity index is 1.55. The lowest BCUT2D eigenvalue weighted by molar-refractivity contribution is 0.456. The maximum absolute atomic E-state index is 4.69. The molecule has 1 aromatic heterocycles. The van der Waals surface area contributed by atoms with Crippen molar-refractivity contribution in [1.29, 1.82) is 0 Å². The molecule has 0 amide bonds. The van der Waals surface area contributed by atoms with Crippen LogP contribution in [0.3, 0.4) is 0 Å². The van der Waals surface area contributed by atoms with Crippen molar-refractivity contribution in [2.75, 3.05) is 7.05 Å². The number of aromatic nitrogens is 1. The Hall–Kier alpha value is -0.930. The standard InChI is InChI=1S/C15H20N2S/c1-16-12(11-9-10-11)6-4-8-15-17-13-5-2-3-7-14(13)18-15/h2-3,5,7,11-12,16H,4,6,8-10H2,1H3. The highest BCUT2D eigenvalue weighted by Crippen LogP contribution is 2.34. The van der Waals surface area contributed by atoms with Gasteiger partial charge in [-0.15, -0.1) is 11.3 Å². The molecule has 0 radical (unpaired) electrons. The van der Waals surface area contributed by atoms with Gasteiger partial charge in [-0.3, -0.25) is 0 Å². The molecule has 3 rings (SSSR count). The van der Waals surface area contributed by atoms with Crippen LogP contribution in [-0.4, -0.2) is 18.1 Å². The van der Waals surface area contributed by atoms with E-state index in [0.29, 0.717) is 0 Å². The van der Waals surface area contributed by atoms with Crippen molar-refractivity contribution in [3.05, 3.63) is 29.3 Å². The van der Waals surface area contributed by atoms with Crippen molar-refractivity contribution < 1.29 is 0 Å². The van der Waals surface area contributed by atoms with E-state index in [1.54, 1.807) is 0 Å². The van der Waals surface area contributed by atoms with E-state index < -0.39 is 0 Å². The first-order valence-electron chi connectivity index (χ1n) is 6.88. The van der Waals surface area contributed by atoms with Gasteiger partial charge in [0, 0.05) is 6.04 Å². The number of benzene rings is 1. The second-order valence-electron chi connectivity index (χ2n) is 5.20. The highest BCUT2D eigenvalue weighted by molar-refractivity contribution is 7.18. The monoisotopic (exact) mass is 260 g/mol. The third-order valence-corrected chi connectivity index (χ3v) is 4.90. The molecule has 2 aromatic rings. The van der Waals surface area contributed by atoms with Crippen molar-refractivity contribution in [1.82, 2.24) is 10.3 Å². The van der Waals surface area contributed by atoms with Gasteiger partial charge in [-0.2, -0.15) is 0 Å². The molecule has 18 heavy (non-hydrogen) atoms. The van der Waals surface area contributed by atoms with Crippen molar-refractivity contribution in [2.45, 2.75) is 38.1 Å². The van der Waals surface area contributed by atoms with Gasteiger partial charge in [0.05, 0.1) is 15.2 Å². The van der Waals surface area contributed by atoms with E-state index in [-0.39, 0.29) is 0 Å². The summed E-state index contributed by atoms with van der Waals surface area (Å²) in [6.45, 7) is 0. The summed E-state index contributed by atoms with van der Waals surface area (Å²) in [5, 5.41) is 4.75. The normalized spacial score (nSPS) is 17.2. The molecule has 1 heterocycles. The number of nitrogens with one attached hydrogen (secondary N) is 1. The van der Waals surface area contributed by atoms with Gasteiger partial charge in [-0.25, -0.2) is 4.98 Å². The molecule has 1 saturated carbocycles. The van der Waals surface area contributed by atoms with Gasteiger partial charge in [0.25, 0.3) is 0 Å². The third-order valence-electron chi connectivity index (χ3n) is 3.81. The van der Waals surface area contributed by atoms with Gasteiger partial charge in [-0.1, -0.05) is 12.1 Å². The van der Waals surface area contributed by atoms with Crippen LogP contribution < -0.4 is 5.32 Å². The first kappa shape index (κ1) is 12.1. The molecule has 1 atom stereocenters. The fourth-order valence-corrected chi connectivity index (χ4v) is 3.62. The van der Waals surface area contributed by atoms with Crippen LogP contribution >= 0.6 is 11.3 Å². The third kappa shape index (κ3) is 2.73. The van der Waals surface area contributed by atoms with Crippen LogP contribution in [0.1, 0.15) is 30.7 Å². The number of rotatable bonds is 6. The zero-order valence-electron chi connectivity index (χ0n) is 10.9. The SMILES string of the molecule is CNC(CCCc1nc2ccccc2s1)C1CC1. The lowest BCUT2D eigenvalue weighted by Crippen LogP contribution is -2.27. The van der Waals surface area contributed by atoms with Gasteiger partial charge in [0.1, 0.15) is 0 Å². The molecular weight excluding hydrogens is 240 g/mol. The topological polar surface area (TPSA) is 24.9 Å². The van der Waals surface area contributed by atoms with Crippen LogP contribution in [-0.2, 0) is 6.42 Å². The Labute approximate surface area is 112 Å². The predicted molar refractivity (Wildman–Crippen MR) is 78.1 cm³/mol. The fraction of sp³-hybridized carbons (Fsp3) is 0.533. The minimum Gasteiger partial charge on any atom is -0.317 e. The van der Waals surface area contributed by atoms with Gasteiger partial charge in [-0.05, 0) is 57.2 Å². The van der Waals surface area contributed by atoms with Crippen LogP contribution in [0.2, 0.25) is 0 Å². The Morgan fingerprint density at radius 2 is 2.22 bits per heavy atom. The van der Waals surface area contributed by atoms with E-state index in [9.17, 15) is 0 Å². The summed E-state index contributed by atoms with van der Waals surface area (Å²) in [4.78, 5) is 4.69. The predicted octanol–water partition coefficient (Wildman–Crippen LogP) is 3.62. The average molecular weight is 260 g/mol. The molecule has 1 aromatic carbocycles. The summed E-state index contributed by atoms with van der Waals surface area (Å²) in [5.74, 6) is 0.949. The molecule has 0 spiro atoms. The maximum Gasteiger partial charge on any atom is 0.0938 e. The minimum atomic E-state index is 0.736. The first-order chi connectivity index (χ1) is 8.86. The molecule has 2 nitrogen and oxygen atoms in total. The first-order valence-corrected chi connectivity index (χ1v) is 7.70. The van der Waals surface area contributed by atoms with Crippen molar-refractivity contribution >= 4 is 21.6 Å². The van der Waals surface area contributed by atoms with E-state index in [4.69, 9.17) is 4.98 Å². The molecular formula is C15H20N2S. The Kier molecular flexibility index (Phi) is 3.62. The Morgan fingerprint density at radius 3 is 2.94 bits per heavy atom. The number of aryl methyl sites for hydroxylation is 1. The van der Waals surface area contributed by atoms with E-state index in [1.807, 2.05) is 11.3 Å². The number of hydrogen-bond acceptors (Lipinski definition) is 3. The molecule has 1 N–H and O–H groups in total. The zero-order valence-corrected chi connectivity index (χ0v) is 11.7. The van der Waals surface area contributed by atoms with Crippen molar-refractivity contribution in [3.8, 4) is 0 Å². The highest BCUT2D eigenvalue weighted by atomic mass is 32.1. The molecule has 0 saturated heterocycles. The molecule has 1 fully saturated rings. The van der Waals surface area contributed by atoms with Crippen LogP contribution in [0.4, 0.5) is 0 Å². The average Bonchev–Trinajstić information content (AvgIpc) is 3.14. The number of para-hydroxylation sites is 1. The quantitative estimate of drug-likeness (QED) is 0.858. The van der Waals surface area contributed by atoms with Crippen LogP contribution in [0, 0.1) is 5.92 Å². The second-order valence-corrected chi connectivity index (χ2v) is 6.32. The molecule has 1 aliphatic carbocycles.